The quantitative estimate of drug-likeness (QED) is 0.709. The molecule has 0 aliphatic carbocycles. The summed E-state index contributed by atoms with van der Waals surface area (Å²) >= 11 is 1.21. The summed E-state index contributed by atoms with van der Waals surface area (Å²) in [6, 6.07) is 13.7. The fourth-order valence-electron chi connectivity index (χ4n) is 3.41. The molecule has 1 aliphatic heterocycles. The lowest BCUT2D eigenvalue weighted by Gasteiger charge is -2.25. The predicted molar refractivity (Wildman–Crippen MR) is 113 cm³/mol. The highest BCUT2D eigenvalue weighted by atomic mass is 32.2. The topological polar surface area (TPSA) is 66.5 Å². The molecule has 1 saturated heterocycles. The zero-order chi connectivity index (χ0) is 20.0. The van der Waals surface area contributed by atoms with Gasteiger partial charge in [0.2, 0.25) is 5.91 Å². The molecule has 1 N–H and O–H groups in total. The van der Waals surface area contributed by atoms with Crippen LogP contribution in [0.5, 0.6) is 0 Å². The molecule has 1 atom stereocenters. The average Bonchev–Trinajstić information content (AvgIpc) is 3.17. The summed E-state index contributed by atoms with van der Waals surface area (Å²) in [5.74, 6) is -0.0654. The first-order valence-corrected chi connectivity index (χ1v) is 12.1. The van der Waals surface area contributed by atoms with Gasteiger partial charge in [0.25, 0.3) is 10.0 Å². The first-order valence-electron chi connectivity index (χ1n) is 9.87. The SMILES string of the molecule is CC(CCc1ccccc1)NC(=O)Cc1ccc(S(=O)(=O)N2CCCCC2)s1. The largest absolute Gasteiger partial charge is 0.353 e. The van der Waals surface area contributed by atoms with E-state index in [0.29, 0.717) is 17.3 Å². The van der Waals surface area contributed by atoms with Crippen LogP contribution in [0.3, 0.4) is 0 Å². The van der Waals surface area contributed by atoms with Gasteiger partial charge in [0.05, 0.1) is 6.42 Å². The Morgan fingerprint density at radius 3 is 2.54 bits per heavy atom. The standard InChI is InChI=1S/C21H28N2O3S2/c1-17(10-11-18-8-4-2-5-9-18)22-20(24)16-19-12-13-21(27-19)28(25,26)23-14-6-3-7-15-23/h2,4-5,8-9,12-13,17H,3,6-7,10-11,14-16H2,1H3,(H,22,24). The molecule has 1 unspecified atom stereocenters. The lowest BCUT2D eigenvalue weighted by Crippen LogP contribution is -2.35. The Hall–Kier alpha value is -1.70. The molecule has 1 aromatic heterocycles. The van der Waals surface area contributed by atoms with Gasteiger partial charge in [-0.25, -0.2) is 8.42 Å². The van der Waals surface area contributed by atoms with Gasteiger partial charge < -0.3 is 5.32 Å². The van der Waals surface area contributed by atoms with Gasteiger partial charge in [0, 0.05) is 24.0 Å². The normalized spacial score (nSPS) is 16.6. The Morgan fingerprint density at radius 2 is 1.82 bits per heavy atom. The number of aryl methyl sites for hydroxylation is 1. The van der Waals surface area contributed by atoms with E-state index in [1.807, 2.05) is 25.1 Å². The lowest BCUT2D eigenvalue weighted by molar-refractivity contribution is -0.121. The van der Waals surface area contributed by atoms with E-state index in [2.05, 4.69) is 17.4 Å². The smallest absolute Gasteiger partial charge is 0.252 e. The van der Waals surface area contributed by atoms with E-state index < -0.39 is 10.0 Å². The first-order chi connectivity index (χ1) is 13.4. The van der Waals surface area contributed by atoms with Crippen LogP contribution in [-0.2, 0) is 27.7 Å². The molecule has 1 aliphatic rings. The Labute approximate surface area is 171 Å². The van der Waals surface area contributed by atoms with Crippen molar-refractivity contribution in [3.63, 3.8) is 0 Å². The van der Waals surface area contributed by atoms with Gasteiger partial charge in [-0.1, -0.05) is 36.8 Å². The molecular formula is C21H28N2O3S2. The number of hydrogen-bond donors (Lipinski definition) is 1. The van der Waals surface area contributed by atoms with Crippen molar-refractivity contribution in [1.29, 1.82) is 0 Å². The fraction of sp³-hybridized carbons (Fsp3) is 0.476. The van der Waals surface area contributed by atoms with Gasteiger partial charge in [-0.15, -0.1) is 11.3 Å². The third kappa shape index (κ3) is 5.65. The number of carbonyl (C=O) groups excluding carboxylic acids is 1. The van der Waals surface area contributed by atoms with Crippen molar-refractivity contribution < 1.29 is 13.2 Å². The molecule has 1 fully saturated rings. The van der Waals surface area contributed by atoms with Gasteiger partial charge >= 0.3 is 0 Å². The van der Waals surface area contributed by atoms with Crippen LogP contribution in [0.4, 0.5) is 0 Å². The summed E-state index contributed by atoms with van der Waals surface area (Å²) in [6.07, 6.45) is 4.93. The molecule has 0 bridgehead atoms. The molecule has 1 aromatic carbocycles. The second kappa shape index (κ2) is 9.67. The van der Waals surface area contributed by atoms with E-state index >= 15 is 0 Å². The summed E-state index contributed by atoms with van der Waals surface area (Å²) in [5, 5.41) is 3.02. The molecule has 152 valence electrons. The minimum absolute atomic E-state index is 0.0654. The van der Waals surface area contributed by atoms with Crippen molar-refractivity contribution in [2.45, 2.75) is 55.7 Å². The van der Waals surface area contributed by atoms with E-state index in [4.69, 9.17) is 0 Å². The van der Waals surface area contributed by atoms with E-state index in [1.54, 1.807) is 16.4 Å². The van der Waals surface area contributed by atoms with Crippen molar-refractivity contribution in [3.8, 4) is 0 Å². The third-order valence-corrected chi connectivity index (χ3v) is 8.45. The number of sulfonamides is 1. The highest BCUT2D eigenvalue weighted by Gasteiger charge is 2.27. The van der Waals surface area contributed by atoms with Crippen LogP contribution < -0.4 is 5.32 Å². The maximum Gasteiger partial charge on any atom is 0.252 e. The molecule has 0 saturated carbocycles. The minimum atomic E-state index is -3.42. The van der Waals surface area contributed by atoms with Crippen LogP contribution in [0.25, 0.3) is 0 Å². The lowest BCUT2D eigenvalue weighted by atomic mass is 10.1. The predicted octanol–water partition coefficient (Wildman–Crippen LogP) is 3.60. The minimum Gasteiger partial charge on any atom is -0.353 e. The number of rotatable bonds is 8. The van der Waals surface area contributed by atoms with Crippen LogP contribution in [0.15, 0.2) is 46.7 Å². The van der Waals surface area contributed by atoms with Gasteiger partial charge in [-0.2, -0.15) is 4.31 Å². The average molecular weight is 421 g/mol. The molecule has 7 heteroatoms. The Kier molecular flexibility index (Phi) is 7.26. The highest BCUT2D eigenvalue weighted by molar-refractivity contribution is 7.91. The second-order valence-electron chi connectivity index (χ2n) is 7.36. The van der Waals surface area contributed by atoms with E-state index in [-0.39, 0.29) is 18.4 Å². The highest BCUT2D eigenvalue weighted by Crippen LogP contribution is 2.27. The molecule has 2 heterocycles. The number of nitrogens with zero attached hydrogens (tertiary/aromatic N) is 1. The van der Waals surface area contributed by atoms with Crippen molar-refractivity contribution >= 4 is 27.3 Å². The summed E-state index contributed by atoms with van der Waals surface area (Å²) in [4.78, 5) is 13.1. The monoisotopic (exact) mass is 420 g/mol. The van der Waals surface area contributed by atoms with Gasteiger partial charge in [-0.05, 0) is 50.3 Å². The molecule has 5 nitrogen and oxygen atoms in total. The number of carbonyl (C=O) groups is 1. The Morgan fingerprint density at radius 1 is 1.11 bits per heavy atom. The van der Waals surface area contributed by atoms with E-state index in [0.717, 1.165) is 37.0 Å². The van der Waals surface area contributed by atoms with Crippen LogP contribution in [0.2, 0.25) is 0 Å². The number of hydrogen-bond acceptors (Lipinski definition) is 4. The van der Waals surface area contributed by atoms with Crippen LogP contribution >= 0.6 is 11.3 Å². The summed E-state index contributed by atoms with van der Waals surface area (Å²) < 4.78 is 27.3. The number of amides is 1. The van der Waals surface area contributed by atoms with E-state index in [9.17, 15) is 13.2 Å². The summed E-state index contributed by atoms with van der Waals surface area (Å²) in [6.45, 7) is 3.19. The zero-order valence-electron chi connectivity index (χ0n) is 16.3. The van der Waals surface area contributed by atoms with Crippen molar-refractivity contribution in [2.75, 3.05) is 13.1 Å². The maximum absolute atomic E-state index is 12.7. The van der Waals surface area contributed by atoms with E-state index in [1.165, 1.54) is 16.9 Å². The molecule has 1 amide bonds. The van der Waals surface area contributed by atoms with Crippen molar-refractivity contribution in [2.24, 2.45) is 0 Å². The van der Waals surface area contributed by atoms with Crippen LogP contribution in [-0.4, -0.2) is 37.8 Å². The Bertz CT molecular complexity index is 872. The molecule has 28 heavy (non-hydrogen) atoms. The molecule has 0 spiro atoms. The maximum atomic E-state index is 12.7. The summed E-state index contributed by atoms with van der Waals surface area (Å²) in [5.41, 5.74) is 1.26. The van der Waals surface area contributed by atoms with Gasteiger partial charge in [0.15, 0.2) is 0 Å². The molecular weight excluding hydrogens is 392 g/mol. The Balaban J connectivity index is 1.50. The number of thiophene rings is 1. The molecule has 0 radical (unpaired) electrons. The van der Waals surface area contributed by atoms with Crippen molar-refractivity contribution in [3.05, 3.63) is 52.9 Å². The number of piperidine rings is 1. The third-order valence-electron chi connectivity index (χ3n) is 5.00. The molecule has 3 rings (SSSR count). The van der Waals surface area contributed by atoms with Crippen LogP contribution in [0, 0.1) is 0 Å². The molecule has 2 aromatic rings. The summed E-state index contributed by atoms with van der Waals surface area (Å²) in [7, 11) is -3.42. The first kappa shape index (κ1) is 21.0. The fourth-order valence-corrected chi connectivity index (χ4v) is 6.43. The number of nitrogens with one attached hydrogen (secondary N) is 1. The van der Waals surface area contributed by atoms with Crippen LogP contribution in [0.1, 0.15) is 43.0 Å². The number of benzene rings is 1. The second-order valence-corrected chi connectivity index (χ2v) is 10.7. The van der Waals surface area contributed by atoms with Gasteiger partial charge in [0.1, 0.15) is 4.21 Å². The van der Waals surface area contributed by atoms with Gasteiger partial charge in [-0.3, -0.25) is 4.79 Å². The van der Waals surface area contributed by atoms with Crippen molar-refractivity contribution in [1.82, 2.24) is 9.62 Å². The zero-order valence-corrected chi connectivity index (χ0v) is 17.9.